The lowest BCUT2D eigenvalue weighted by Crippen LogP contribution is -2.38. The molecule has 90 valence electrons. The zero-order valence-electron chi connectivity index (χ0n) is 10.7. The smallest absolute Gasteiger partial charge is 0.234 e. The van der Waals surface area contributed by atoms with Gasteiger partial charge >= 0.3 is 0 Å². The number of hydrogen-bond acceptors (Lipinski definition) is 2. The first-order chi connectivity index (χ1) is 7.10. The van der Waals surface area contributed by atoms with E-state index in [0.717, 1.165) is 19.6 Å². The fourth-order valence-electron chi connectivity index (χ4n) is 1.31. The lowest BCUT2D eigenvalue weighted by Gasteiger charge is -2.19. The van der Waals surface area contributed by atoms with Gasteiger partial charge in [-0.1, -0.05) is 34.1 Å². The van der Waals surface area contributed by atoms with E-state index < -0.39 is 0 Å². The van der Waals surface area contributed by atoms with Crippen LogP contribution >= 0.6 is 0 Å². The van der Waals surface area contributed by atoms with Gasteiger partial charge in [-0.15, -0.1) is 0 Å². The molecule has 0 heterocycles. The molecule has 0 saturated carbocycles. The highest BCUT2D eigenvalue weighted by Gasteiger charge is 2.08. The molecule has 3 nitrogen and oxygen atoms in total. The van der Waals surface area contributed by atoms with Crippen LogP contribution in [0, 0.1) is 5.92 Å². The van der Waals surface area contributed by atoms with Gasteiger partial charge in [0.25, 0.3) is 0 Å². The van der Waals surface area contributed by atoms with Gasteiger partial charge in [-0.2, -0.15) is 0 Å². The van der Waals surface area contributed by atoms with Crippen molar-refractivity contribution in [3.8, 4) is 0 Å². The van der Waals surface area contributed by atoms with Crippen molar-refractivity contribution in [2.24, 2.45) is 5.92 Å². The highest BCUT2D eigenvalue weighted by atomic mass is 16.2. The third-order valence-corrected chi connectivity index (χ3v) is 2.35. The summed E-state index contributed by atoms with van der Waals surface area (Å²) in [6.45, 7) is 11.8. The summed E-state index contributed by atoms with van der Waals surface area (Å²) >= 11 is 0. The minimum Gasteiger partial charge on any atom is -0.355 e. The third-order valence-electron chi connectivity index (χ3n) is 2.35. The zero-order chi connectivity index (χ0) is 11.7. The van der Waals surface area contributed by atoms with Crippen molar-refractivity contribution in [1.82, 2.24) is 10.2 Å². The molecule has 0 aromatic heterocycles. The Labute approximate surface area is 94.2 Å². The van der Waals surface area contributed by atoms with Crippen LogP contribution in [0.4, 0.5) is 0 Å². The van der Waals surface area contributed by atoms with Crippen LogP contribution in [-0.4, -0.2) is 37.0 Å². The molecule has 0 radical (unpaired) electrons. The average Bonchev–Trinajstić information content (AvgIpc) is 2.21. The molecule has 0 aliphatic rings. The molecule has 0 bridgehead atoms. The molecule has 0 unspecified atom stereocenters. The largest absolute Gasteiger partial charge is 0.355 e. The molecule has 1 N–H and O–H groups in total. The molecule has 0 aliphatic heterocycles. The molecule has 0 atom stereocenters. The van der Waals surface area contributed by atoms with Gasteiger partial charge in [-0.3, -0.25) is 9.69 Å². The lowest BCUT2D eigenvalue weighted by molar-refractivity contribution is -0.122. The summed E-state index contributed by atoms with van der Waals surface area (Å²) < 4.78 is 0. The second kappa shape index (κ2) is 8.72. The fraction of sp³-hybridized carbons (Fsp3) is 0.917. The summed E-state index contributed by atoms with van der Waals surface area (Å²) in [4.78, 5) is 13.7. The normalized spacial score (nSPS) is 11.1. The Bertz CT molecular complexity index is 169. The van der Waals surface area contributed by atoms with Gasteiger partial charge in [0.1, 0.15) is 0 Å². The van der Waals surface area contributed by atoms with E-state index in [-0.39, 0.29) is 5.91 Å². The van der Waals surface area contributed by atoms with Crippen molar-refractivity contribution in [3.05, 3.63) is 0 Å². The fourth-order valence-corrected chi connectivity index (χ4v) is 1.31. The minimum atomic E-state index is 0.154. The van der Waals surface area contributed by atoms with Crippen molar-refractivity contribution in [2.75, 3.05) is 26.2 Å². The van der Waals surface area contributed by atoms with Crippen molar-refractivity contribution >= 4 is 5.91 Å². The van der Waals surface area contributed by atoms with Gasteiger partial charge in [0, 0.05) is 6.54 Å². The van der Waals surface area contributed by atoms with Gasteiger partial charge in [0.2, 0.25) is 5.91 Å². The Kier molecular flexibility index (Phi) is 8.38. The number of hydrogen-bond donors (Lipinski definition) is 1. The number of nitrogens with zero attached hydrogens (tertiary/aromatic N) is 1. The van der Waals surface area contributed by atoms with E-state index >= 15 is 0 Å². The molecule has 1 amide bonds. The summed E-state index contributed by atoms with van der Waals surface area (Å²) in [5.74, 6) is 0.682. The zero-order valence-corrected chi connectivity index (χ0v) is 10.7. The Morgan fingerprint density at radius 3 is 2.47 bits per heavy atom. The molecule has 0 rings (SSSR count). The van der Waals surface area contributed by atoms with Gasteiger partial charge in [0.15, 0.2) is 0 Å². The van der Waals surface area contributed by atoms with E-state index in [4.69, 9.17) is 0 Å². The van der Waals surface area contributed by atoms with Gasteiger partial charge in [-0.25, -0.2) is 0 Å². The van der Waals surface area contributed by atoms with E-state index in [2.05, 4.69) is 37.9 Å². The number of nitrogens with one attached hydrogen (secondary N) is 1. The van der Waals surface area contributed by atoms with Crippen LogP contribution < -0.4 is 5.32 Å². The molecule has 0 spiro atoms. The molecule has 0 aromatic rings. The van der Waals surface area contributed by atoms with E-state index in [1.165, 1.54) is 12.8 Å². The first-order valence-corrected chi connectivity index (χ1v) is 6.09. The van der Waals surface area contributed by atoms with E-state index in [1.807, 2.05) is 0 Å². The van der Waals surface area contributed by atoms with Crippen LogP contribution in [0.15, 0.2) is 0 Å². The maximum Gasteiger partial charge on any atom is 0.234 e. The van der Waals surface area contributed by atoms with Gasteiger partial charge in [-0.05, 0) is 25.4 Å². The van der Waals surface area contributed by atoms with Crippen molar-refractivity contribution in [2.45, 2.75) is 40.5 Å². The van der Waals surface area contributed by atoms with Crippen LogP contribution in [0.25, 0.3) is 0 Å². The molecule has 0 aliphatic carbocycles. The van der Waals surface area contributed by atoms with Crippen LogP contribution in [0.5, 0.6) is 0 Å². The summed E-state index contributed by atoms with van der Waals surface area (Å²) in [6.07, 6.45) is 2.36. The topological polar surface area (TPSA) is 32.3 Å². The lowest BCUT2D eigenvalue weighted by atomic mass is 10.2. The SMILES string of the molecule is CCCCN(CC)CC(=O)NCC(C)C. The maximum atomic E-state index is 11.5. The standard InChI is InChI=1S/C12H26N2O/c1-5-7-8-14(6-2)10-12(15)13-9-11(3)4/h11H,5-10H2,1-4H3,(H,13,15). The van der Waals surface area contributed by atoms with E-state index in [1.54, 1.807) is 0 Å². The monoisotopic (exact) mass is 214 g/mol. The van der Waals surface area contributed by atoms with Crippen LogP contribution in [0.1, 0.15) is 40.5 Å². The second-order valence-corrected chi connectivity index (χ2v) is 4.42. The Balaban J connectivity index is 3.70. The number of unbranched alkanes of at least 4 members (excludes halogenated alkanes) is 1. The Morgan fingerprint density at radius 2 is 2.00 bits per heavy atom. The van der Waals surface area contributed by atoms with Crippen molar-refractivity contribution in [3.63, 3.8) is 0 Å². The summed E-state index contributed by atoms with van der Waals surface area (Å²) in [7, 11) is 0. The van der Waals surface area contributed by atoms with E-state index in [9.17, 15) is 4.79 Å². The highest BCUT2D eigenvalue weighted by molar-refractivity contribution is 5.77. The number of amides is 1. The average molecular weight is 214 g/mol. The van der Waals surface area contributed by atoms with Gasteiger partial charge < -0.3 is 5.32 Å². The number of carbonyl (C=O) groups excluding carboxylic acids is 1. The molecular formula is C12H26N2O. The van der Waals surface area contributed by atoms with Crippen LogP contribution in [0.2, 0.25) is 0 Å². The second-order valence-electron chi connectivity index (χ2n) is 4.42. The number of likely N-dealkylation sites (N-methyl/N-ethyl adjacent to an activating group) is 1. The Morgan fingerprint density at radius 1 is 1.33 bits per heavy atom. The molecule has 3 heteroatoms. The molecule has 15 heavy (non-hydrogen) atoms. The van der Waals surface area contributed by atoms with Crippen molar-refractivity contribution < 1.29 is 4.79 Å². The molecule has 0 fully saturated rings. The van der Waals surface area contributed by atoms with E-state index in [0.29, 0.717) is 12.5 Å². The number of rotatable bonds is 8. The first kappa shape index (κ1) is 14.4. The summed E-state index contributed by atoms with van der Waals surface area (Å²) in [5.41, 5.74) is 0. The quantitative estimate of drug-likeness (QED) is 0.669. The molecular weight excluding hydrogens is 188 g/mol. The molecule has 0 aromatic carbocycles. The van der Waals surface area contributed by atoms with Crippen molar-refractivity contribution in [1.29, 1.82) is 0 Å². The maximum absolute atomic E-state index is 11.5. The predicted octanol–water partition coefficient (Wildman–Crippen LogP) is 1.88. The summed E-state index contributed by atoms with van der Waals surface area (Å²) in [6, 6.07) is 0. The first-order valence-electron chi connectivity index (χ1n) is 6.09. The third kappa shape index (κ3) is 8.43. The predicted molar refractivity (Wildman–Crippen MR) is 64.9 cm³/mol. The Hall–Kier alpha value is -0.570. The van der Waals surface area contributed by atoms with Gasteiger partial charge in [0.05, 0.1) is 6.54 Å². The van der Waals surface area contributed by atoms with Crippen LogP contribution in [-0.2, 0) is 4.79 Å². The number of carbonyl (C=O) groups is 1. The van der Waals surface area contributed by atoms with Crippen LogP contribution in [0.3, 0.4) is 0 Å². The highest BCUT2D eigenvalue weighted by Crippen LogP contribution is 1.94. The minimum absolute atomic E-state index is 0.154. The molecule has 0 saturated heterocycles. The summed E-state index contributed by atoms with van der Waals surface area (Å²) in [5, 5.41) is 2.94.